The molecule has 35 heavy (non-hydrogen) atoms. The summed E-state index contributed by atoms with van der Waals surface area (Å²) in [5.41, 5.74) is -0.554. The lowest BCUT2D eigenvalue weighted by Gasteiger charge is -2.36. The van der Waals surface area contributed by atoms with Gasteiger partial charge in [-0.25, -0.2) is 0 Å². The van der Waals surface area contributed by atoms with Crippen molar-refractivity contribution in [2.45, 2.75) is 84.9 Å². The van der Waals surface area contributed by atoms with Crippen LogP contribution in [0.4, 0.5) is 0 Å². The number of aliphatic hydroxyl groups excluding tert-OH is 1. The fraction of sp³-hybridized carbons (Fsp3) is 0.643. The first kappa shape index (κ1) is 29.0. The summed E-state index contributed by atoms with van der Waals surface area (Å²) in [6.07, 6.45) is 1.40. The normalized spacial score (nSPS) is 36.2. The van der Waals surface area contributed by atoms with E-state index in [1.54, 1.807) is 21.0 Å². The minimum Gasteiger partial charge on any atom is -0.497 e. The fourth-order valence-electron chi connectivity index (χ4n) is 4.73. The third-order valence-corrected chi connectivity index (χ3v) is 7.18. The Morgan fingerprint density at radius 2 is 1.74 bits per heavy atom. The minimum atomic E-state index is -1.50. The number of cyclic esters (lactones) is 1. The number of carbonyl (C=O) groups excluding carboxylic acids is 2. The van der Waals surface area contributed by atoms with Gasteiger partial charge in [-0.2, -0.15) is 0 Å². The van der Waals surface area contributed by atoms with E-state index in [1.165, 1.54) is 19.1 Å². The maximum Gasteiger partial charge on any atom is 0.311 e. The number of ether oxygens (including phenoxy) is 3. The number of allylic oxidation sites excluding steroid dienone is 1. The number of methoxy groups -OCH3 is 1. The Hall–Kier alpha value is -2.22. The molecule has 7 heteroatoms. The van der Waals surface area contributed by atoms with Crippen LogP contribution in [0.5, 0.6) is 5.75 Å². The highest BCUT2D eigenvalue weighted by Crippen LogP contribution is 2.31. The van der Waals surface area contributed by atoms with Crippen molar-refractivity contribution in [3.05, 3.63) is 42.0 Å². The van der Waals surface area contributed by atoms with Crippen molar-refractivity contribution < 1.29 is 34.0 Å². The molecule has 0 aromatic heterocycles. The molecule has 2 N–H and O–H groups in total. The second kappa shape index (κ2) is 12.7. The molecule has 1 aromatic rings. The van der Waals surface area contributed by atoms with E-state index in [9.17, 15) is 19.8 Å². The lowest BCUT2D eigenvalue weighted by Crippen LogP contribution is -2.46. The molecule has 196 valence electrons. The van der Waals surface area contributed by atoms with Crippen molar-refractivity contribution in [3.8, 4) is 5.75 Å². The predicted molar refractivity (Wildman–Crippen MR) is 134 cm³/mol. The monoisotopic (exact) mass is 490 g/mol. The number of esters is 1. The Balaban J connectivity index is 2.34. The third kappa shape index (κ3) is 7.63. The van der Waals surface area contributed by atoms with Crippen LogP contribution in [-0.4, -0.2) is 53.0 Å². The van der Waals surface area contributed by atoms with Crippen LogP contribution < -0.4 is 4.74 Å². The van der Waals surface area contributed by atoms with E-state index < -0.39 is 41.7 Å². The highest BCUT2D eigenvalue weighted by atomic mass is 16.6. The van der Waals surface area contributed by atoms with Crippen molar-refractivity contribution in [1.82, 2.24) is 0 Å². The Kier molecular flexibility index (Phi) is 10.5. The molecule has 1 aliphatic rings. The smallest absolute Gasteiger partial charge is 0.311 e. The zero-order chi connectivity index (χ0) is 26.3. The zero-order valence-electron chi connectivity index (χ0n) is 22.1. The molecule has 0 saturated heterocycles. The molecule has 0 spiro atoms. The second-order valence-corrected chi connectivity index (χ2v) is 10.2. The van der Waals surface area contributed by atoms with Crippen LogP contribution in [0.2, 0.25) is 0 Å². The molecule has 0 unspecified atom stereocenters. The van der Waals surface area contributed by atoms with Crippen molar-refractivity contribution in [2.24, 2.45) is 23.7 Å². The van der Waals surface area contributed by atoms with Crippen LogP contribution in [0.1, 0.15) is 59.9 Å². The number of aliphatic hydroxyl groups is 2. The van der Waals surface area contributed by atoms with Gasteiger partial charge in [0.25, 0.3) is 0 Å². The molecule has 2 rings (SSSR count). The molecule has 0 bridgehead atoms. The van der Waals surface area contributed by atoms with Crippen LogP contribution >= 0.6 is 0 Å². The van der Waals surface area contributed by atoms with E-state index in [0.717, 1.165) is 11.3 Å². The molecule has 1 aliphatic heterocycles. The summed E-state index contributed by atoms with van der Waals surface area (Å²) in [6.45, 7) is 11.0. The molecular formula is C28H42O7. The maximum atomic E-state index is 12.9. The standard InChI is InChI=1S/C28H42O7/c1-8-24-28(6,32)14-13-23(29)17(2)15-18(3)26(19(4)25(30)20(5)27(31)35-24)34-16-21-9-11-22(33-7)12-10-21/h9-14,17-20,24-26,30,32H,8,15-16H2,1-7H3/b14-13+/t17-,18+,19+,20-,24-,25+,26+,28+/m1/s1. The Morgan fingerprint density at radius 1 is 1.11 bits per heavy atom. The van der Waals surface area contributed by atoms with Gasteiger partial charge in [-0.3, -0.25) is 9.59 Å². The summed E-state index contributed by atoms with van der Waals surface area (Å²) in [5, 5.41) is 22.0. The van der Waals surface area contributed by atoms with Gasteiger partial charge < -0.3 is 24.4 Å². The molecule has 1 heterocycles. The summed E-state index contributed by atoms with van der Waals surface area (Å²) in [7, 11) is 1.61. The van der Waals surface area contributed by atoms with Crippen LogP contribution in [-0.2, 0) is 25.7 Å². The fourth-order valence-corrected chi connectivity index (χ4v) is 4.73. The highest BCUT2D eigenvalue weighted by molar-refractivity contribution is 5.91. The van der Waals surface area contributed by atoms with E-state index in [1.807, 2.05) is 45.0 Å². The maximum absolute atomic E-state index is 12.9. The summed E-state index contributed by atoms with van der Waals surface area (Å²) in [6, 6.07) is 7.55. The number of ketones is 1. The minimum absolute atomic E-state index is 0.0830. The lowest BCUT2D eigenvalue weighted by molar-refractivity contribution is -0.171. The molecule has 7 nitrogen and oxygen atoms in total. The average Bonchev–Trinajstić information content (AvgIpc) is 2.84. The van der Waals surface area contributed by atoms with Gasteiger partial charge in [0.1, 0.15) is 17.5 Å². The van der Waals surface area contributed by atoms with Crippen molar-refractivity contribution in [3.63, 3.8) is 0 Å². The van der Waals surface area contributed by atoms with E-state index in [0.29, 0.717) is 19.4 Å². The second-order valence-electron chi connectivity index (χ2n) is 10.2. The highest BCUT2D eigenvalue weighted by Gasteiger charge is 2.39. The number of carbonyl (C=O) groups is 2. The van der Waals surface area contributed by atoms with Gasteiger partial charge in [0, 0.05) is 11.8 Å². The van der Waals surface area contributed by atoms with Gasteiger partial charge in [-0.05, 0) is 62.5 Å². The molecule has 0 amide bonds. The first-order chi connectivity index (χ1) is 16.4. The van der Waals surface area contributed by atoms with E-state index in [4.69, 9.17) is 14.2 Å². The van der Waals surface area contributed by atoms with Gasteiger partial charge in [0.15, 0.2) is 5.78 Å². The SMILES string of the molecule is CC[C@H]1OC(=O)[C@H](C)[C@@H](O)[C@H](C)[C@@H](OCc2ccc(OC)cc2)[C@@H](C)C[C@@H](C)C(=O)/C=C/[C@]1(C)O. The predicted octanol–water partition coefficient (Wildman–Crippen LogP) is 4.09. The summed E-state index contributed by atoms with van der Waals surface area (Å²) >= 11 is 0. The first-order valence-electron chi connectivity index (χ1n) is 12.5. The van der Waals surface area contributed by atoms with Crippen LogP contribution in [0.25, 0.3) is 0 Å². The topological polar surface area (TPSA) is 102 Å². The quantitative estimate of drug-likeness (QED) is 0.600. The number of hydrogen-bond acceptors (Lipinski definition) is 7. The number of rotatable bonds is 5. The molecule has 1 aromatic carbocycles. The number of benzene rings is 1. The van der Waals surface area contributed by atoms with Crippen molar-refractivity contribution in [1.29, 1.82) is 0 Å². The third-order valence-electron chi connectivity index (χ3n) is 7.18. The van der Waals surface area contributed by atoms with Gasteiger partial charge >= 0.3 is 5.97 Å². The van der Waals surface area contributed by atoms with Crippen LogP contribution in [0.3, 0.4) is 0 Å². The molecule has 8 atom stereocenters. The molecular weight excluding hydrogens is 448 g/mol. The largest absolute Gasteiger partial charge is 0.497 e. The summed E-state index contributed by atoms with van der Waals surface area (Å²) in [4.78, 5) is 25.7. The molecule has 0 fully saturated rings. The van der Waals surface area contributed by atoms with E-state index in [-0.39, 0.29) is 17.6 Å². The van der Waals surface area contributed by atoms with Gasteiger partial charge in [0.2, 0.25) is 0 Å². The van der Waals surface area contributed by atoms with Crippen LogP contribution in [0.15, 0.2) is 36.4 Å². The zero-order valence-corrected chi connectivity index (χ0v) is 22.1. The Bertz CT molecular complexity index is 861. The molecule has 0 aliphatic carbocycles. The average molecular weight is 491 g/mol. The van der Waals surface area contributed by atoms with Crippen molar-refractivity contribution >= 4 is 11.8 Å². The van der Waals surface area contributed by atoms with Crippen LogP contribution in [0, 0.1) is 23.7 Å². The first-order valence-corrected chi connectivity index (χ1v) is 12.5. The summed E-state index contributed by atoms with van der Waals surface area (Å²) in [5.74, 6) is -1.58. The van der Waals surface area contributed by atoms with Crippen molar-refractivity contribution in [2.75, 3.05) is 7.11 Å². The summed E-state index contributed by atoms with van der Waals surface area (Å²) < 4.78 is 17.1. The van der Waals surface area contributed by atoms with E-state index >= 15 is 0 Å². The Labute approximate surface area is 209 Å². The van der Waals surface area contributed by atoms with Gasteiger partial charge in [-0.15, -0.1) is 0 Å². The lowest BCUT2D eigenvalue weighted by atomic mass is 9.80. The Morgan fingerprint density at radius 3 is 2.31 bits per heavy atom. The van der Waals surface area contributed by atoms with E-state index in [2.05, 4.69) is 0 Å². The molecule has 0 saturated carbocycles. The van der Waals surface area contributed by atoms with Gasteiger partial charge in [0.05, 0.1) is 31.8 Å². The molecule has 0 radical (unpaired) electrons. The number of hydrogen-bond donors (Lipinski definition) is 2. The van der Waals surface area contributed by atoms with Gasteiger partial charge in [-0.1, -0.05) is 39.8 Å².